The van der Waals surface area contributed by atoms with Crippen LogP contribution in [0.15, 0.2) is 18.2 Å². The maximum absolute atomic E-state index is 12.1. The van der Waals surface area contributed by atoms with Crippen molar-refractivity contribution >= 4 is 17.5 Å². The summed E-state index contributed by atoms with van der Waals surface area (Å²) in [5.74, 6) is 0.259. The molecule has 0 unspecified atom stereocenters. The lowest BCUT2D eigenvalue weighted by Crippen LogP contribution is -2.54. The van der Waals surface area contributed by atoms with Crippen molar-refractivity contribution in [3.8, 4) is 5.75 Å². The normalized spacial score (nSPS) is 11.2. The molecular weight excluding hydrogens is 282 g/mol. The number of hydrogen-bond acceptors (Lipinski definition) is 4. The van der Waals surface area contributed by atoms with E-state index in [2.05, 4.69) is 5.32 Å². The van der Waals surface area contributed by atoms with Crippen molar-refractivity contribution in [1.29, 1.82) is 0 Å². The molecule has 1 aromatic rings. The molecule has 112 valence electrons. The lowest BCUT2D eigenvalue weighted by Gasteiger charge is -2.29. The number of aliphatic hydroxyl groups excluding tert-OH is 2. The number of nitrogens with one attached hydrogen (secondary N) is 1. The Morgan fingerprint density at radius 2 is 2.05 bits per heavy atom. The van der Waals surface area contributed by atoms with Gasteiger partial charge in [0.1, 0.15) is 5.75 Å². The van der Waals surface area contributed by atoms with Crippen LogP contribution in [0.1, 0.15) is 18.9 Å². The lowest BCUT2D eigenvalue weighted by molar-refractivity contribution is -0.123. The van der Waals surface area contributed by atoms with E-state index in [0.717, 1.165) is 0 Å². The minimum atomic E-state index is -0.997. The van der Waals surface area contributed by atoms with Gasteiger partial charge in [-0.15, -0.1) is 0 Å². The minimum absolute atomic E-state index is 0.0610. The molecule has 0 aromatic heterocycles. The van der Waals surface area contributed by atoms with Gasteiger partial charge in [0, 0.05) is 10.6 Å². The maximum Gasteiger partial charge on any atom is 0.225 e. The van der Waals surface area contributed by atoms with Crippen LogP contribution in [0.3, 0.4) is 0 Å². The van der Waals surface area contributed by atoms with Crippen LogP contribution >= 0.6 is 11.6 Å². The molecule has 0 heterocycles. The summed E-state index contributed by atoms with van der Waals surface area (Å²) < 4.78 is 5.17. The van der Waals surface area contributed by atoms with Crippen LogP contribution in [0, 0.1) is 0 Å². The Balaban J connectivity index is 2.83. The number of halogens is 1. The fraction of sp³-hybridized carbons (Fsp3) is 0.500. The monoisotopic (exact) mass is 301 g/mol. The number of benzene rings is 1. The van der Waals surface area contributed by atoms with Gasteiger partial charge < -0.3 is 20.3 Å². The molecule has 0 saturated heterocycles. The molecule has 5 nitrogen and oxygen atoms in total. The molecule has 0 aliphatic carbocycles. The van der Waals surface area contributed by atoms with Gasteiger partial charge in [-0.2, -0.15) is 0 Å². The highest BCUT2D eigenvalue weighted by Crippen LogP contribution is 2.23. The fourth-order valence-electron chi connectivity index (χ4n) is 1.84. The van der Waals surface area contributed by atoms with Gasteiger partial charge >= 0.3 is 0 Å². The second-order valence-corrected chi connectivity index (χ2v) is 5.07. The third-order valence-electron chi connectivity index (χ3n) is 3.28. The predicted octanol–water partition coefficient (Wildman–Crippen LogP) is 1.14. The third-order valence-corrected chi connectivity index (χ3v) is 3.52. The van der Waals surface area contributed by atoms with Crippen molar-refractivity contribution in [2.24, 2.45) is 0 Å². The Bertz CT molecular complexity index is 452. The Kier molecular flexibility index (Phi) is 6.26. The summed E-state index contributed by atoms with van der Waals surface area (Å²) in [5.41, 5.74) is -0.346. The smallest absolute Gasteiger partial charge is 0.225 e. The Morgan fingerprint density at radius 1 is 1.40 bits per heavy atom. The average Bonchev–Trinajstić information content (AvgIpc) is 2.45. The quantitative estimate of drug-likeness (QED) is 0.706. The molecule has 20 heavy (non-hydrogen) atoms. The average molecular weight is 302 g/mol. The molecule has 0 bridgehead atoms. The molecule has 1 aromatic carbocycles. The van der Waals surface area contributed by atoms with Crippen LogP contribution in [-0.4, -0.2) is 42.0 Å². The van der Waals surface area contributed by atoms with Crippen LogP contribution < -0.4 is 10.1 Å². The van der Waals surface area contributed by atoms with E-state index in [1.165, 1.54) is 7.11 Å². The van der Waals surface area contributed by atoms with Crippen molar-refractivity contribution in [2.75, 3.05) is 20.3 Å². The van der Waals surface area contributed by atoms with Crippen molar-refractivity contribution in [2.45, 2.75) is 25.3 Å². The Hall–Kier alpha value is -1.30. The Morgan fingerprint density at radius 3 is 2.55 bits per heavy atom. The van der Waals surface area contributed by atoms with Crippen molar-refractivity contribution < 1.29 is 19.7 Å². The van der Waals surface area contributed by atoms with E-state index in [0.29, 0.717) is 22.8 Å². The highest BCUT2D eigenvalue weighted by atomic mass is 35.5. The van der Waals surface area contributed by atoms with E-state index in [1.54, 1.807) is 25.1 Å². The SMILES string of the molecule is CCC(CO)(CO)NC(=O)Cc1cc(Cl)ccc1OC. The molecule has 6 heteroatoms. The van der Waals surface area contributed by atoms with Gasteiger partial charge in [-0.05, 0) is 24.6 Å². The molecule has 1 rings (SSSR count). The number of carbonyl (C=O) groups excluding carboxylic acids is 1. The van der Waals surface area contributed by atoms with Gasteiger partial charge in [-0.25, -0.2) is 0 Å². The highest BCUT2D eigenvalue weighted by molar-refractivity contribution is 6.30. The number of amides is 1. The van der Waals surface area contributed by atoms with Crippen molar-refractivity contribution in [1.82, 2.24) is 5.32 Å². The second kappa shape index (κ2) is 7.47. The van der Waals surface area contributed by atoms with Crippen LogP contribution in [-0.2, 0) is 11.2 Å². The molecule has 0 atom stereocenters. The fourth-order valence-corrected chi connectivity index (χ4v) is 2.03. The predicted molar refractivity (Wildman–Crippen MR) is 77.0 cm³/mol. The van der Waals surface area contributed by atoms with E-state index in [-0.39, 0.29) is 25.5 Å². The van der Waals surface area contributed by atoms with E-state index >= 15 is 0 Å². The van der Waals surface area contributed by atoms with E-state index < -0.39 is 5.54 Å². The van der Waals surface area contributed by atoms with E-state index in [1.807, 2.05) is 0 Å². The zero-order valence-corrected chi connectivity index (χ0v) is 12.4. The summed E-state index contributed by atoms with van der Waals surface area (Å²) in [6.07, 6.45) is 0.490. The number of carbonyl (C=O) groups is 1. The first-order valence-corrected chi connectivity index (χ1v) is 6.73. The standard InChI is InChI=1S/C14H20ClNO4/c1-3-14(8-17,9-18)16-13(19)7-10-6-11(15)4-5-12(10)20-2/h4-6,17-18H,3,7-9H2,1-2H3,(H,16,19). The topological polar surface area (TPSA) is 78.8 Å². The summed E-state index contributed by atoms with van der Waals surface area (Å²) in [4.78, 5) is 12.1. The van der Waals surface area contributed by atoms with Crippen LogP contribution in [0.25, 0.3) is 0 Å². The summed E-state index contributed by atoms with van der Waals surface area (Å²) in [5, 5.41) is 21.8. The first kappa shape index (κ1) is 16.8. The first-order chi connectivity index (χ1) is 9.50. The Labute approximate surface area is 123 Å². The van der Waals surface area contributed by atoms with Gasteiger partial charge in [-0.1, -0.05) is 18.5 Å². The van der Waals surface area contributed by atoms with Crippen LogP contribution in [0.5, 0.6) is 5.75 Å². The zero-order chi connectivity index (χ0) is 15.2. The number of hydrogen-bond donors (Lipinski definition) is 3. The van der Waals surface area contributed by atoms with Gasteiger partial charge in [-0.3, -0.25) is 4.79 Å². The summed E-state index contributed by atoms with van der Waals surface area (Å²) in [6, 6.07) is 5.03. The maximum atomic E-state index is 12.1. The number of methoxy groups -OCH3 is 1. The van der Waals surface area contributed by atoms with Crippen LogP contribution in [0.2, 0.25) is 5.02 Å². The highest BCUT2D eigenvalue weighted by Gasteiger charge is 2.28. The van der Waals surface area contributed by atoms with Gasteiger partial charge in [0.15, 0.2) is 0 Å². The second-order valence-electron chi connectivity index (χ2n) is 4.63. The summed E-state index contributed by atoms with van der Waals surface area (Å²) >= 11 is 5.90. The van der Waals surface area contributed by atoms with E-state index in [9.17, 15) is 15.0 Å². The molecule has 0 aliphatic rings. The van der Waals surface area contributed by atoms with Gasteiger partial charge in [0.05, 0.1) is 32.3 Å². The summed E-state index contributed by atoms with van der Waals surface area (Å²) in [6.45, 7) is 1.14. The molecule has 0 saturated carbocycles. The van der Waals surface area contributed by atoms with Crippen molar-refractivity contribution in [3.63, 3.8) is 0 Å². The molecule has 0 aliphatic heterocycles. The van der Waals surface area contributed by atoms with Gasteiger partial charge in [0.25, 0.3) is 0 Å². The first-order valence-electron chi connectivity index (χ1n) is 6.35. The number of rotatable bonds is 7. The molecule has 0 fully saturated rings. The largest absolute Gasteiger partial charge is 0.496 e. The zero-order valence-electron chi connectivity index (χ0n) is 11.6. The van der Waals surface area contributed by atoms with Crippen LogP contribution in [0.4, 0.5) is 0 Å². The third kappa shape index (κ3) is 4.10. The van der Waals surface area contributed by atoms with Crippen molar-refractivity contribution in [3.05, 3.63) is 28.8 Å². The number of aliphatic hydroxyl groups is 2. The minimum Gasteiger partial charge on any atom is -0.496 e. The number of ether oxygens (including phenoxy) is 1. The molecule has 1 amide bonds. The lowest BCUT2D eigenvalue weighted by atomic mass is 9.98. The van der Waals surface area contributed by atoms with E-state index in [4.69, 9.17) is 16.3 Å². The molecular formula is C14H20ClNO4. The molecule has 0 spiro atoms. The molecule has 0 radical (unpaired) electrons. The molecule has 3 N–H and O–H groups in total. The summed E-state index contributed by atoms with van der Waals surface area (Å²) in [7, 11) is 1.52. The van der Waals surface area contributed by atoms with Gasteiger partial charge in [0.2, 0.25) is 5.91 Å².